The molecule has 0 aliphatic carbocycles. The number of hydrogen-bond donors (Lipinski definition) is 3. The summed E-state index contributed by atoms with van der Waals surface area (Å²) in [5, 5.41) is 40.2. The Morgan fingerprint density at radius 3 is 2.67 bits per heavy atom. The second-order valence-corrected chi connectivity index (χ2v) is 5.01. The van der Waals surface area contributed by atoms with Gasteiger partial charge < -0.3 is 24.8 Å². The van der Waals surface area contributed by atoms with Crippen LogP contribution in [-0.4, -0.2) is 57.5 Å². The van der Waals surface area contributed by atoms with Crippen molar-refractivity contribution in [2.24, 2.45) is 0 Å². The molecule has 3 N–H and O–H groups in total. The summed E-state index contributed by atoms with van der Waals surface area (Å²) >= 11 is 0. The standard InChI is InChI=1S/C13H17NO7/c15-10-11(16)13(17,7-14(18)19)8-21-12(10)20-6-9-4-2-1-3-5-9/h1-5,10-12,15-17H,6-8H2/t10?,11?,12?,13-/m1/s1. The van der Waals surface area contributed by atoms with Gasteiger partial charge >= 0.3 is 0 Å². The molecule has 0 amide bonds. The van der Waals surface area contributed by atoms with Crippen LogP contribution in [0, 0.1) is 10.1 Å². The van der Waals surface area contributed by atoms with E-state index in [4.69, 9.17) is 9.47 Å². The lowest BCUT2D eigenvalue weighted by atomic mass is 9.90. The molecule has 1 aliphatic heterocycles. The molecule has 2 rings (SSSR count). The maximum Gasteiger partial charge on any atom is 0.237 e. The lowest BCUT2D eigenvalue weighted by molar-refractivity contribution is -0.512. The molecule has 1 heterocycles. The fourth-order valence-electron chi connectivity index (χ4n) is 2.14. The summed E-state index contributed by atoms with van der Waals surface area (Å²) in [7, 11) is 0. The van der Waals surface area contributed by atoms with E-state index in [-0.39, 0.29) is 6.61 Å². The van der Waals surface area contributed by atoms with Gasteiger partial charge in [0.25, 0.3) is 0 Å². The molecule has 0 saturated carbocycles. The summed E-state index contributed by atoms with van der Waals surface area (Å²) in [4.78, 5) is 9.71. The van der Waals surface area contributed by atoms with Crippen LogP contribution in [0.25, 0.3) is 0 Å². The molecule has 4 atom stereocenters. The third kappa shape index (κ3) is 3.74. The summed E-state index contributed by atoms with van der Waals surface area (Å²) < 4.78 is 10.4. The topological polar surface area (TPSA) is 122 Å². The van der Waals surface area contributed by atoms with Crippen molar-refractivity contribution in [3.05, 3.63) is 46.0 Å². The Kier molecular flexibility index (Phi) is 4.86. The van der Waals surface area contributed by atoms with Crippen molar-refractivity contribution in [2.45, 2.75) is 30.7 Å². The van der Waals surface area contributed by atoms with Gasteiger partial charge in [0.2, 0.25) is 6.54 Å². The maximum atomic E-state index is 10.5. The van der Waals surface area contributed by atoms with E-state index in [9.17, 15) is 25.4 Å². The van der Waals surface area contributed by atoms with Gasteiger partial charge in [0, 0.05) is 4.92 Å². The Morgan fingerprint density at radius 1 is 1.38 bits per heavy atom. The number of nitro groups is 1. The van der Waals surface area contributed by atoms with E-state index in [1.54, 1.807) is 0 Å². The van der Waals surface area contributed by atoms with E-state index in [2.05, 4.69) is 0 Å². The average molecular weight is 299 g/mol. The smallest absolute Gasteiger partial charge is 0.237 e. The predicted molar refractivity (Wildman–Crippen MR) is 69.8 cm³/mol. The SMILES string of the molecule is O=[N+]([O-])C[C@@]1(O)COC(OCc2ccccc2)C(O)C1O. The monoisotopic (exact) mass is 299 g/mol. The van der Waals surface area contributed by atoms with Crippen molar-refractivity contribution in [3.63, 3.8) is 0 Å². The molecule has 116 valence electrons. The molecular weight excluding hydrogens is 282 g/mol. The minimum Gasteiger partial charge on any atom is -0.387 e. The summed E-state index contributed by atoms with van der Waals surface area (Å²) in [5.41, 5.74) is -1.29. The van der Waals surface area contributed by atoms with Crippen molar-refractivity contribution >= 4 is 0 Å². The van der Waals surface area contributed by atoms with Crippen molar-refractivity contribution in [2.75, 3.05) is 13.2 Å². The van der Waals surface area contributed by atoms with Gasteiger partial charge in [0.05, 0.1) is 13.2 Å². The number of nitrogens with zero attached hydrogens (tertiary/aromatic N) is 1. The first-order chi connectivity index (χ1) is 9.92. The first-order valence-electron chi connectivity index (χ1n) is 6.40. The van der Waals surface area contributed by atoms with E-state index in [1.165, 1.54) is 0 Å². The van der Waals surface area contributed by atoms with Crippen LogP contribution in [0.3, 0.4) is 0 Å². The summed E-state index contributed by atoms with van der Waals surface area (Å²) in [6.45, 7) is -1.27. The molecule has 21 heavy (non-hydrogen) atoms. The molecule has 0 bridgehead atoms. The molecule has 8 heteroatoms. The minimum absolute atomic E-state index is 0.142. The minimum atomic E-state index is -2.13. The predicted octanol–water partition coefficient (Wildman–Crippen LogP) is -0.711. The number of hydrogen-bond acceptors (Lipinski definition) is 7. The number of aliphatic hydroxyl groups is 3. The van der Waals surface area contributed by atoms with Crippen LogP contribution in [0.1, 0.15) is 5.56 Å². The van der Waals surface area contributed by atoms with Gasteiger partial charge in [-0.15, -0.1) is 0 Å². The quantitative estimate of drug-likeness (QED) is 0.485. The summed E-state index contributed by atoms with van der Waals surface area (Å²) in [6, 6.07) is 9.11. The average Bonchev–Trinajstić information content (AvgIpc) is 2.45. The van der Waals surface area contributed by atoms with Gasteiger partial charge in [-0.3, -0.25) is 10.1 Å². The molecule has 8 nitrogen and oxygen atoms in total. The molecule has 3 unspecified atom stereocenters. The van der Waals surface area contributed by atoms with Crippen molar-refractivity contribution in [3.8, 4) is 0 Å². The highest BCUT2D eigenvalue weighted by molar-refractivity contribution is 5.13. The fraction of sp³-hybridized carbons (Fsp3) is 0.538. The van der Waals surface area contributed by atoms with Gasteiger partial charge in [-0.25, -0.2) is 0 Å². The third-order valence-corrected chi connectivity index (χ3v) is 3.31. The van der Waals surface area contributed by atoms with Gasteiger partial charge in [-0.1, -0.05) is 30.3 Å². The largest absolute Gasteiger partial charge is 0.387 e. The molecule has 1 aliphatic rings. The van der Waals surface area contributed by atoms with Crippen LogP contribution in [0.4, 0.5) is 0 Å². The highest BCUT2D eigenvalue weighted by atomic mass is 16.7. The first-order valence-corrected chi connectivity index (χ1v) is 6.40. The van der Waals surface area contributed by atoms with Gasteiger partial charge in [0.15, 0.2) is 11.9 Å². The van der Waals surface area contributed by atoms with Crippen LogP contribution >= 0.6 is 0 Å². The van der Waals surface area contributed by atoms with Crippen LogP contribution in [0.15, 0.2) is 30.3 Å². The lowest BCUT2D eigenvalue weighted by Gasteiger charge is -2.40. The van der Waals surface area contributed by atoms with E-state index in [0.717, 1.165) is 5.56 Å². The zero-order valence-corrected chi connectivity index (χ0v) is 11.2. The molecule has 0 spiro atoms. The van der Waals surface area contributed by atoms with E-state index < -0.39 is 42.2 Å². The van der Waals surface area contributed by atoms with Gasteiger partial charge in [0.1, 0.15) is 12.2 Å². The highest BCUT2D eigenvalue weighted by Gasteiger charge is 2.52. The summed E-state index contributed by atoms with van der Waals surface area (Å²) in [5.74, 6) is 0. The zero-order valence-electron chi connectivity index (χ0n) is 11.2. The van der Waals surface area contributed by atoms with E-state index in [0.29, 0.717) is 0 Å². The molecule has 1 aromatic rings. The highest BCUT2D eigenvalue weighted by Crippen LogP contribution is 2.26. The summed E-state index contributed by atoms with van der Waals surface area (Å²) in [6.07, 6.45) is -4.46. The Morgan fingerprint density at radius 2 is 2.05 bits per heavy atom. The molecular formula is C13H17NO7. The van der Waals surface area contributed by atoms with Gasteiger partial charge in [-0.05, 0) is 5.56 Å². The molecule has 1 fully saturated rings. The maximum absolute atomic E-state index is 10.5. The molecule has 0 aromatic heterocycles. The van der Waals surface area contributed by atoms with Crippen molar-refractivity contribution < 1.29 is 29.7 Å². The van der Waals surface area contributed by atoms with Crippen LogP contribution < -0.4 is 0 Å². The number of benzene rings is 1. The first kappa shape index (κ1) is 15.8. The number of rotatable bonds is 5. The Balaban J connectivity index is 1.94. The fourth-order valence-corrected chi connectivity index (χ4v) is 2.14. The molecule has 0 radical (unpaired) electrons. The third-order valence-electron chi connectivity index (χ3n) is 3.31. The zero-order chi connectivity index (χ0) is 15.5. The second kappa shape index (κ2) is 6.46. The normalized spacial score (nSPS) is 32.8. The Hall–Kier alpha value is -1.58. The Labute approximate surface area is 120 Å². The van der Waals surface area contributed by atoms with Gasteiger partial charge in [-0.2, -0.15) is 0 Å². The second-order valence-electron chi connectivity index (χ2n) is 5.01. The van der Waals surface area contributed by atoms with Crippen molar-refractivity contribution in [1.82, 2.24) is 0 Å². The molecule has 1 aromatic carbocycles. The molecule has 1 saturated heterocycles. The number of aliphatic hydroxyl groups excluding tert-OH is 2. The lowest BCUT2D eigenvalue weighted by Crippen LogP contribution is -2.64. The van der Waals surface area contributed by atoms with Crippen LogP contribution in [0.5, 0.6) is 0 Å². The van der Waals surface area contributed by atoms with Crippen LogP contribution in [0.2, 0.25) is 0 Å². The Bertz CT molecular complexity index is 483. The number of ether oxygens (including phenoxy) is 2. The van der Waals surface area contributed by atoms with E-state index in [1.807, 2.05) is 30.3 Å². The van der Waals surface area contributed by atoms with Crippen molar-refractivity contribution in [1.29, 1.82) is 0 Å². The van der Waals surface area contributed by atoms with E-state index >= 15 is 0 Å². The van der Waals surface area contributed by atoms with Crippen LogP contribution in [-0.2, 0) is 16.1 Å².